The Kier molecular flexibility index (Phi) is 7.10. The summed E-state index contributed by atoms with van der Waals surface area (Å²) < 4.78 is 6.23. The molecule has 0 aromatic carbocycles. The summed E-state index contributed by atoms with van der Waals surface area (Å²) in [4.78, 5) is 13.1. The summed E-state index contributed by atoms with van der Waals surface area (Å²) in [6.45, 7) is 3.93. The van der Waals surface area contributed by atoms with Crippen molar-refractivity contribution < 1.29 is 9.53 Å². The van der Waals surface area contributed by atoms with E-state index in [9.17, 15) is 4.79 Å². The van der Waals surface area contributed by atoms with Crippen LogP contribution in [0.4, 0.5) is 0 Å². The van der Waals surface area contributed by atoms with Crippen LogP contribution in [0.3, 0.4) is 0 Å². The number of halogens is 2. The fourth-order valence-electron chi connectivity index (χ4n) is 1.93. The minimum atomic E-state index is -0.245. The lowest BCUT2D eigenvalue weighted by Crippen LogP contribution is -2.55. The molecule has 1 saturated heterocycles. The van der Waals surface area contributed by atoms with Crippen LogP contribution < -0.4 is 10.6 Å². The Bertz CT molecular complexity index is 414. The summed E-state index contributed by atoms with van der Waals surface area (Å²) in [6.07, 6.45) is 0.736. The molecule has 19 heavy (non-hydrogen) atoms. The first-order valence-corrected chi connectivity index (χ1v) is 7.23. The molecule has 7 heteroatoms. The maximum Gasteiger partial charge on any atom is 0.239 e. The normalized spacial score (nSPS) is 22.6. The zero-order valence-electron chi connectivity index (χ0n) is 10.6. The maximum atomic E-state index is 11.9. The van der Waals surface area contributed by atoms with Gasteiger partial charge in [-0.15, -0.1) is 23.7 Å². The van der Waals surface area contributed by atoms with Crippen LogP contribution >= 0.6 is 35.3 Å². The highest BCUT2D eigenvalue weighted by Crippen LogP contribution is 2.21. The number of thiophene rings is 1. The van der Waals surface area contributed by atoms with Gasteiger partial charge in [0.2, 0.25) is 5.91 Å². The lowest BCUT2D eigenvalue weighted by molar-refractivity contribution is -0.128. The van der Waals surface area contributed by atoms with Gasteiger partial charge in [0.05, 0.1) is 17.0 Å². The van der Waals surface area contributed by atoms with Crippen LogP contribution in [0.15, 0.2) is 12.1 Å². The number of hydrogen-bond donors (Lipinski definition) is 2. The second-order valence-corrected chi connectivity index (χ2v) is 6.05. The van der Waals surface area contributed by atoms with Gasteiger partial charge in [0.15, 0.2) is 0 Å². The zero-order chi connectivity index (χ0) is 13.0. The van der Waals surface area contributed by atoms with Gasteiger partial charge in [0.1, 0.15) is 6.04 Å². The first kappa shape index (κ1) is 16.7. The third-order valence-corrected chi connectivity index (χ3v) is 4.19. The van der Waals surface area contributed by atoms with E-state index in [-0.39, 0.29) is 30.5 Å². The van der Waals surface area contributed by atoms with E-state index in [1.807, 2.05) is 19.1 Å². The molecule has 0 saturated carbocycles. The fraction of sp³-hybridized carbons (Fsp3) is 0.583. The number of carbonyl (C=O) groups is 1. The first-order chi connectivity index (χ1) is 8.66. The average molecular weight is 325 g/mol. The van der Waals surface area contributed by atoms with E-state index in [1.54, 1.807) is 11.3 Å². The van der Waals surface area contributed by atoms with Crippen LogP contribution in [-0.2, 0) is 16.0 Å². The number of rotatable bonds is 4. The number of amides is 1. The van der Waals surface area contributed by atoms with Gasteiger partial charge >= 0.3 is 0 Å². The van der Waals surface area contributed by atoms with Crippen LogP contribution in [0.1, 0.15) is 11.8 Å². The summed E-state index contributed by atoms with van der Waals surface area (Å²) in [5, 5.41) is 6.09. The van der Waals surface area contributed by atoms with E-state index < -0.39 is 0 Å². The standard InChI is InChI=1S/C12H17ClN2O2S.ClH/c1-8-11(14-6-7-17-8)12(16)15-5-4-9-2-3-10(13)18-9;/h2-3,8,11,14H,4-7H2,1H3,(H,15,16);1H/t8-,11+;/m1./s1. The van der Waals surface area contributed by atoms with Gasteiger partial charge in [0.25, 0.3) is 0 Å². The van der Waals surface area contributed by atoms with Gasteiger partial charge in [-0.3, -0.25) is 4.79 Å². The van der Waals surface area contributed by atoms with Crippen molar-refractivity contribution in [2.24, 2.45) is 0 Å². The smallest absolute Gasteiger partial charge is 0.239 e. The molecule has 4 nitrogen and oxygen atoms in total. The topological polar surface area (TPSA) is 50.4 Å². The van der Waals surface area contributed by atoms with Crippen molar-refractivity contribution in [3.05, 3.63) is 21.3 Å². The molecule has 2 atom stereocenters. The summed E-state index contributed by atoms with van der Waals surface area (Å²) in [5.41, 5.74) is 0. The van der Waals surface area contributed by atoms with Crippen LogP contribution in [0.25, 0.3) is 0 Å². The van der Waals surface area contributed by atoms with Gasteiger partial charge in [-0.1, -0.05) is 11.6 Å². The molecular formula is C12H18Cl2N2O2S. The molecule has 2 rings (SSSR count). The van der Waals surface area contributed by atoms with E-state index in [0.29, 0.717) is 13.2 Å². The number of carbonyl (C=O) groups excluding carboxylic acids is 1. The monoisotopic (exact) mass is 324 g/mol. The highest BCUT2D eigenvalue weighted by Gasteiger charge is 2.27. The third kappa shape index (κ3) is 4.93. The quantitative estimate of drug-likeness (QED) is 0.888. The molecule has 108 valence electrons. The van der Waals surface area contributed by atoms with Crippen LogP contribution in [0, 0.1) is 0 Å². The van der Waals surface area contributed by atoms with E-state index in [2.05, 4.69) is 10.6 Å². The number of nitrogens with one attached hydrogen (secondary N) is 2. The fourth-order valence-corrected chi connectivity index (χ4v) is 3.02. The second-order valence-electron chi connectivity index (χ2n) is 4.25. The summed E-state index contributed by atoms with van der Waals surface area (Å²) in [6, 6.07) is 3.62. The molecule has 0 radical (unpaired) electrons. The minimum absolute atomic E-state index is 0. The molecule has 1 aliphatic rings. The van der Waals surface area contributed by atoms with Crippen molar-refractivity contribution in [2.75, 3.05) is 19.7 Å². The van der Waals surface area contributed by atoms with Crippen molar-refractivity contribution >= 4 is 41.3 Å². The molecule has 0 unspecified atom stereocenters. The molecule has 1 aromatic heterocycles. The summed E-state index contributed by atoms with van der Waals surface area (Å²) in [7, 11) is 0. The van der Waals surface area contributed by atoms with Crippen molar-refractivity contribution in [1.29, 1.82) is 0 Å². The molecule has 1 aliphatic heterocycles. The Labute approximate surface area is 128 Å². The lowest BCUT2D eigenvalue weighted by Gasteiger charge is -2.29. The molecular weight excluding hydrogens is 307 g/mol. The molecule has 1 aromatic rings. The summed E-state index contributed by atoms with van der Waals surface area (Å²) >= 11 is 7.40. The molecule has 0 aliphatic carbocycles. The molecule has 0 spiro atoms. The molecule has 2 heterocycles. The van der Waals surface area contributed by atoms with Crippen molar-refractivity contribution in [3.8, 4) is 0 Å². The number of hydrogen-bond acceptors (Lipinski definition) is 4. The number of ether oxygens (including phenoxy) is 1. The number of morpholine rings is 1. The van der Waals surface area contributed by atoms with Gasteiger partial charge < -0.3 is 15.4 Å². The van der Waals surface area contributed by atoms with E-state index in [4.69, 9.17) is 16.3 Å². The second kappa shape index (κ2) is 8.07. The Balaban J connectivity index is 0.00000180. The van der Waals surface area contributed by atoms with Gasteiger partial charge in [-0.2, -0.15) is 0 Å². The Morgan fingerprint density at radius 2 is 2.42 bits per heavy atom. The summed E-state index contributed by atoms with van der Waals surface area (Å²) in [5.74, 6) is 0.00449. The Morgan fingerprint density at radius 3 is 3.05 bits per heavy atom. The van der Waals surface area contributed by atoms with E-state index in [1.165, 1.54) is 4.88 Å². The first-order valence-electron chi connectivity index (χ1n) is 6.04. The van der Waals surface area contributed by atoms with Crippen molar-refractivity contribution in [2.45, 2.75) is 25.5 Å². The van der Waals surface area contributed by atoms with Gasteiger partial charge in [-0.05, 0) is 25.5 Å². The highest BCUT2D eigenvalue weighted by molar-refractivity contribution is 7.16. The Hall–Kier alpha value is -0.330. The predicted octanol–water partition coefficient (Wildman–Crippen LogP) is 1.86. The van der Waals surface area contributed by atoms with Crippen LogP contribution in [0.2, 0.25) is 4.34 Å². The molecule has 2 N–H and O–H groups in total. The third-order valence-electron chi connectivity index (χ3n) is 2.90. The lowest BCUT2D eigenvalue weighted by atomic mass is 10.1. The van der Waals surface area contributed by atoms with Gasteiger partial charge in [-0.25, -0.2) is 0 Å². The highest BCUT2D eigenvalue weighted by atomic mass is 35.5. The molecule has 1 amide bonds. The van der Waals surface area contributed by atoms with Gasteiger partial charge in [0, 0.05) is 18.0 Å². The van der Waals surface area contributed by atoms with Crippen LogP contribution in [-0.4, -0.2) is 37.7 Å². The average Bonchev–Trinajstić information content (AvgIpc) is 2.75. The SMILES string of the molecule is C[C@H]1OCCN[C@@H]1C(=O)NCCc1ccc(Cl)s1.Cl. The Morgan fingerprint density at radius 1 is 1.63 bits per heavy atom. The van der Waals surface area contributed by atoms with E-state index in [0.717, 1.165) is 17.3 Å². The van der Waals surface area contributed by atoms with E-state index >= 15 is 0 Å². The largest absolute Gasteiger partial charge is 0.375 e. The molecule has 0 bridgehead atoms. The predicted molar refractivity (Wildman–Crippen MR) is 80.5 cm³/mol. The van der Waals surface area contributed by atoms with Crippen molar-refractivity contribution in [3.63, 3.8) is 0 Å². The minimum Gasteiger partial charge on any atom is -0.375 e. The maximum absolute atomic E-state index is 11.9. The van der Waals surface area contributed by atoms with Crippen LogP contribution in [0.5, 0.6) is 0 Å². The zero-order valence-corrected chi connectivity index (χ0v) is 13.0. The van der Waals surface area contributed by atoms with Crippen molar-refractivity contribution in [1.82, 2.24) is 10.6 Å². The molecule has 1 fully saturated rings.